The summed E-state index contributed by atoms with van der Waals surface area (Å²) in [5.41, 5.74) is 3.59. The summed E-state index contributed by atoms with van der Waals surface area (Å²) in [5.74, 6) is 5.67. The van der Waals surface area contributed by atoms with Gasteiger partial charge in [0.05, 0.1) is 6.61 Å². The molecule has 0 aliphatic carbocycles. The van der Waals surface area contributed by atoms with E-state index in [1.807, 2.05) is 38.1 Å². The first-order valence-electron chi connectivity index (χ1n) is 6.32. The van der Waals surface area contributed by atoms with Crippen LogP contribution in [0.1, 0.15) is 18.9 Å². The van der Waals surface area contributed by atoms with Gasteiger partial charge in [-0.25, -0.2) is 5.84 Å². The monoisotopic (exact) mass is 291 g/mol. The zero-order valence-corrected chi connectivity index (χ0v) is 12.3. The van der Waals surface area contributed by atoms with E-state index in [0.717, 1.165) is 16.9 Å². The molecule has 0 aliphatic heterocycles. The number of nitrogens with zero attached hydrogens (tertiary/aromatic N) is 3. The van der Waals surface area contributed by atoms with Crippen molar-refractivity contribution in [3.8, 4) is 6.01 Å². The summed E-state index contributed by atoms with van der Waals surface area (Å²) in [4.78, 5) is 13.6. The van der Waals surface area contributed by atoms with E-state index in [0.29, 0.717) is 17.7 Å². The lowest BCUT2D eigenvalue weighted by atomic mass is 10.2. The Hall–Kier alpha value is -1.86. The van der Waals surface area contributed by atoms with E-state index < -0.39 is 0 Å². The molecule has 0 saturated heterocycles. The molecule has 1 aromatic heterocycles. The third kappa shape index (κ3) is 3.82. The van der Waals surface area contributed by atoms with Crippen LogP contribution in [0.15, 0.2) is 34.3 Å². The molecule has 20 heavy (non-hydrogen) atoms. The number of ether oxygens (including phenoxy) is 1. The molecule has 0 bridgehead atoms. The first kappa shape index (κ1) is 14.5. The predicted molar refractivity (Wildman–Crippen MR) is 78.7 cm³/mol. The smallest absolute Gasteiger partial charge is 0.322 e. The Bertz CT molecular complexity index is 578. The van der Waals surface area contributed by atoms with Crippen molar-refractivity contribution in [3.05, 3.63) is 29.8 Å². The van der Waals surface area contributed by atoms with Gasteiger partial charge in [0.2, 0.25) is 11.1 Å². The van der Waals surface area contributed by atoms with Gasteiger partial charge in [-0.2, -0.15) is 15.0 Å². The van der Waals surface area contributed by atoms with Crippen molar-refractivity contribution in [1.82, 2.24) is 15.0 Å². The third-order valence-corrected chi connectivity index (χ3v) is 3.50. The SMILES string of the molecule is CCCOc1nc(NN)nc(Sc2ccccc2C)n1. The molecular weight excluding hydrogens is 274 g/mol. The molecule has 0 unspecified atom stereocenters. The van der Waals surface area contributed by atoms with Gasteiger partial charge in [-0.05, 0) is 36.7 Å². The van der Waals surface area contributed by atoms with Gasteiger partial charge in [-0.15, -0.1) is 0 Å². The van der Waals surface area contributed by atoms with E-state index in [1.165, 1.54) is 11.8 Å². The van der Waals surface area contributed by atoms with Crippen molar-refractivity contribution in [2.75, 3.05) is 12.0 Å². The van der Waals surface area contributed by atoms with Crippen molar-refractivity contribution in [2.45, 2.75) is 30.3 Å². The summed E-state index contributed by atoms with van der Waals surface area (Å²) in [6.07, 6.45) is 0.886. The molecule has 0 spiro atoms. The Morgan fingerprint density at radius 2 is 2.05 bits per heavy atom. The summed E-state index contributed by atoms with van der Waals surface area (Å²) >= 11 is 1.45. The second kappa shape index (κ2) is 7.06. The summed E-state index contributed by atoms with van der Waals surface area (Å²) in [6, 6.07) is 8.32. The molecule has 3 N–H and O–H groups in total. The number of nitrogens with one attached hydrogen (secondary N) is 1. The minimum Gasteiger partial charge on any atom is -0.463 e. The molecule has 1 aromatic carbocycles. The number of aromatic nitrogens is 3. The van der Waals surface area contributed by atoms with Gasteiger partial charge in [0.1, 0.15) is 0 Å². The van der Waals surface area contributed by atoms with Crippen molar-refractivity contribution in [2.24, 2.45) is 5.84 Å². The lowest BCUT2D eigenvalue weighted by Gasteiger charge is -2.08. The predicted octanol–water partition coefficient (Wildman–Crippen LogP) is 2.41. The Labute approximate surface area is 122 Å². The van der Waals surface area contributed by atoms with Gasteiger partial charge in [0.25, 0.3) is 0 Å². The second-order valence-electron chi connectivity index (χ2n) is 4.08. The van der Waals surface area contributed by atoms with Crippen LogP contribution in [-0.2, 0) is 0 Å². The van der Waals surface area contributed by atoms with Gasteiger partial charge in [-0.1, -0.05) is 25.1 Å². The molecule has 1 heterocycles. The molecule has 2 aromatic rings. The standard InChI is InChI=1S/C13H17N5OS/c1-3-8-19-12-15-11(18-14)16-13(17-12)20-10-7-5-4-6-9(10)2/h4-7H,3,8,14H2,1-2H3,(H,15,16,17,18). The number of hydrogen-bond donors (Lipinski definition) is 2. The van der Waals surface area contributed by atoms with E-state index in [1.54, 1.807) is 0 Å². The van der Waals surface area contributed by atoms with Gasteiger partial charge in [-0.3, -0.25) is 5.43 Å². The van der Waals surface area contributed by atoms with Gasteiger partial charge in [0.15, 0.2) is 0 Å². The van der Waals surface area contributed by atoms with Gasteiger partial charge in [0, 0.05) is 4.90 Å². The molecule has 6 nitrogen and oxygen atoms in total. The fraction of sp³-hybridized carbons (Fsp3) is 0.308. The Balaban J connectivity index is 2.24. The molecule has 0 amide bonds. The van der Waals surface area contributed by atoms with Crippen LogP contribution in [0.5, 0.6) is 6.01 Å². The van der Waals surface area contributed by atoms with Crippen LogP contribution in [0.4, 0.5) is 5.95 Å². The summed E-state index contributed by atoms with van der Waals surface area (Å²) < 4.78 is 5.44. The molecule has 0 aliphatic rings. The van der Waals surface area contributed by atoms with Crippen molar-refractivity contribution < 1.29 is 4.74 Å². The molecule has 2 rings (SSSR count). The highest BCUT2D eigenvalue weighted by atomic mass is 32.2. The number of hydrazine groups is 1. The number of nitrogens with two attached hydrogens (primary N) is 1. The maximum absolute atomic E-state index is 5.44. The molecular formula is C13H17N5OS. The van der Waals surface area contributed by atoms with E-state index in [9.17, 15) is 0 Å². The fourth-order valence-corrected chi connectivity index (χ4v) is 2.30. The lowest BCUT2D eigenvalue weighted by Crippen LogP contribution is -2.13. The number of benzene rings is 1. The second-order valence-corrected chi connectivity index (χ2v) is 5.09. The number of hydrogen-bond acceptors (Lipinski definition) is 7. The van der Waals surface area contributed by atoms with Crippen molar-refractivity contribution in [3.63, 3.8) is 0 Å². The number of nitrogen functional groups attached to an aromatic ring is 1. The molecule has 0 fully saturated rings. The Morgan fingerprint density at radius 3 is 2.75 bits per heavy atom. The van der Waals surface area contributed by atoms with Crippen molar-refractivity contribution in [1.29, 1.82) is 0 Å². The quantitative estimate of drug-likeness (QED) is 0.624. The van der Waals surface area contributed by atoms with Crippen LogP contribution >= 0.6 is 11.8 Å². The summed E-state index contributed by atoms with van der Waals surface area (Å²) in [5, 5.41) is 0.549. The minimum absolute atomic E-state index is 0.283. The maximum Gasteiger partial charge on any atom is 0.322 e. The number of aryl methyl sites for hydroxylation is 1. The molecule has 106 valence electrons. The van der Waals surface area contributed by atoms with Gasteiger partial charge < -0.3 is 4.74 Å². The van der Waals surface area contributed by atoms with Gasteiger partial charge >= 0.3 is 6.01 Å². The largest absolute Gasteiger partial charge is 0.463 e. The lowest BCUT2D eigenvalue weighted by molar-refractivity contribution is 0.288. The molecule has 7 heteroatoms. The fourth-order valence-electron chi connectivity index (χ4n) is 1.48. The normalized spacial score (nSPS) is 10.3. The molecule has 0 saturated carbocycles. The zero-order valence-electron chi connectivity index (χ0n) is 11.5. The zero-order chi connectivity index (χ0) is 14.4. The topological polar surface area (TPSA) is 86.0 Å². The highest BCUT2D eigenvalue weighted by Gasteiger charge is 2.09. The van der Waals surface area contributed by atoms with E-state index in [4.69, 9.17) is 10.6 Å². The van der Waals surface area contributed by atoms with Crippen LogP contribution in [0, 0.1) is 6.92 Å². The van der Waals surface area contributed by atoms with Crippen LogP contribution in [-0.4, -0.2) is 21.6 Å². The average molecular weight is 291 g/mol. The van der Waals surface area contributed by atoms with Crippen LogP contribution in [0.3, 0.4) is 0 Å². The highest BCUT2D eigenvalue weighted by Crippen LogP contribution is 2.28. The van der Waals surface area contributed by atoms with E-state index >= 15 is 0 Å². The first-order chi connectivity index (χ1) is 9.72. The van der Waals surface area contributed by atoms with Crippen LogP contribution in [0.2, 0.25) is 0 Å². The van der Waals surface area contributed by atoms with Crippen molar-refractivity contribution >= 4 is 17.7 Å². The summed E-state index contributed by atoms with van der Waals surface area (Å²) in [7, 11) is 0. The summed E-state index contributed by atoms with van der Waals surface area (Å²) in [6.45, 7) is 4.62. The maximum atomic E-state index is 5.44. The minimum atomic E-state index is 0.283. The first-order valence-corrected chi connectivity index (χ1v) is 7.13. The third-order valence-electron chi connectivity index (χ3n) is 2.45. The number of rotatable bonds is 6. The molecule has 0 atom stereocenters. The van der Waals surface area contributed by atoms with Crippen LogP contribution in [0.25, 0.3) is 0 Å². The highest BCUT2D eigenvalue weighted by molar-refractivity contribution is 7.99. The number of anilines is 1. The van der Waals surface area contributed by atoms with E-state index in [-0.39, 0.29) is 6.01 Å². The molecule has 0 radical (unpaired) electrons. The Morgan fingerprint density at radius 1 is 1.25 bits per heavy atom. The van der Waals surface area contributed by atoms with E-state index in [2.05, 4.69) is 20.4 Å². The Kier molecular flexibility index (Phi) is 5.14. The average Bonchev–Trinajstić information content (AvgIpc) is 2.47. The van der Waals surface area contributed by atoms with Crippen LogP contribution < -0.4 is 16.0 Å².